The van der Waals surface area contributed by atoms with Crippen LogP contribution < -0.4 is 5.32 Å². The fraction of sp³-hybridized carbons (Fsp3) is 0.933. The highest BCUT2D eigenvalue weighted by molar-refractivity contribution is 5.84. The molecule has 2 aliphatic rings. The van der Waals surface area contributed by atoms with Crippen LogP contribution in [-0.2, 0) is 0 Å². The van der Waals surface area contributed by atoms with Crippen LogP contribution >= 0.6 is 0 Å². The number of unbranched alkanes of at least 4 members (excludes halogenated alkanes) is 1. The van der Waals surface area contributed by atoms with Gasteiger partial charge in [0.05, 0.1) is 11.9 Å². The normalized spacial score (nSPS) is 30.3. The zero-order valence-electron chi connectivity index (χ0n) is 11.4. The number of nitrogens with zero attached hydrogens (tertiary/aromatic N) is 1. The van der Waals surface area contributed by atoms with E-state index in [0.29, 0.717) is 12.1 Å². The number of aliphatic imine (C=N–C) groups is 1. The highest BCUT2D eigenvalue weighted by Gasteiger charge is 2.27. The van der Waals surface area contributed by atoms with Crippen molar-refractivity contribution in [3.05, 3.63) is 0 Å². The highest BCUT2D eigenvalue weighted by Crippen LogP contribution is 2.23. The molecule has 2 nitrogen and oxygen atoms in total. The molecule has 0 aromatic carbocycles. The third-order valence-electron chi connectivity index (χ3n) is 4.17. The van der Waals surface area contributed by atoms with Gasteiger partial charge in [0, 0.05) is 12.5 Å². The monoisotopic (exact) mass is 236 g/mol. The third kappa shape index (κ3) is 4.01. The molecule has 1 heterocycles. The summed E-state index contributed by atoms with van der Waals surface area (Å²) in [5, 5.41) is 3.69. The van der Waals surface area contributed by atoms with Crippen molar-refractivity contribution in [2.75, 3.05) is 0 Å². The molecule has 1 N–H and O–H groups in total. The Kier molecular flexibility index (Phi) is 5.34. The minimum Gasteiger partial charge on any atom is -0.369 e. The van der Waals surface area contributed by atoms with Crippen molar-refractivity contribution in [1.82, 2.24) is 5.32 Å². The number of fused-ring (bicyclic) bond motifs is 1. The second-order valence-electron chi connectivity index (χ2n) is 5.70. The molecule has 1 saturated carbocycles. The third-order valence-corrected chi connectivity index (χ3v) is 4.17. The zero-order valence-corrected chi connectivity index (χ0v) is 11.4. The Balaban J connectivity index is 1.86. The summed E-state index contributed by atoms with van der Waals surface area (Å²) in [7, 11) is 0. The van der Waals surface area contributed by atoms with E-state index < -0.39 is 0 Å². The van der Waals surface area contributed by atoms with Gasteiger partial charge in [-0.05, 0) is 19.3 Å². The quantitative estimate of drug-likeness (QED) is 0.785. The van der Waals surface area contributed by atoms with Gasteiger partial charge >= 0.3 is 0 Å². The van der Waals surface area contributed by atoms with Crippen LogP contribution in [0.1, 0.15) is 77.6 Å². The van der Waals surface area contributed by atoms with Crippen molar-refractivity contribution in [3.63, 3.8) is 0 Å². The fourth-order valence-corrected chi connectivity index (χ4v) is 3.07. The van der Waals surface area contributed by atoms with E-state index >= 15 is 0 Å². The molecule has 2 atom stereocenters. The van der Waals surface area contributed by atoms with Crippen LogP contribution in [0.25, 0.3) is 0 Å². The number of rotatable bonds is 3. The molecule has 2 heteroatoms. The van der Waals surface area contributed by atoms with Gasteiger partial charge in [-0.2, -0.15) is 0 Å². The Morgan fingerprint density at radius 1 is 1.06 bits per heavy atom. The first-order chi connectivity index (χ1) is 8.40. The second-order valence-corrected chi connectivity index (χ2v) is 5.70. The minimum atomic E-state index is 0.597. The average Bonchev–Trinajstić information content (AvgIpc) is 2.74. The van der Waals surface area contributed by atoms with E-state index in [1.807, 2.05) is 0 Å². The lowest BCUT2D eigenvalue weighted by Crippen LogP contribution is -2.34. The lowest BCUT2D eigenvalue weighted by atomic mass is 9.94. The molecule has 2 unspecified atom stereocenters. The minimum absolute atomic E-state index is 0.597. The molecule has 0 aromatic heterocycles. The first-order valence-corrected chi connectivity index (χ1v) is 7.73. The standard InChI is InChI=1S/C15H28N2/c1-2-3-12-15-16-13-10-8-6-4-5-7-9-11-14(13)17-15/h13-14H,2-12H2,1H3,(H,16,17). The first-order valence-electron chi connectivity index (χ1n) is 7.73. The van der Waals surface area contributed by atoms with E-state index in [2.05, 4.69) is 12.2 Å². The molecule has 98 valence electrons. The summed E-state index contributed by atoms with van der Waals surface area (Å²) in [6.07, 6.45) is 14.9. The van der Waals surface area contributed by atoms with Crippen molar-refractivity contribution in [3.8, 4) is 0 Å². The number of hydrogen-bond acceptors (Lipinski definition) is 2. The van der Waals surface area contributed by atoms with E-state index in [1.54, 1.807) is 0 Å². The molecule has 1 aliphatic carbocycles. The number of hydrogen-bond donors (Lipinski definition) is 1. The van der Waals surface area contributed by atoms with Gasteiger partial charge in [0.15, 0.2) is 0 Å². The Bertz CT molecular complexity index is 247. The lowest BCUT2D eigenvalue weighted by molar-refractivity contribution is 0.413. The summed E-state index contributed by atoms with van der Waals surface area (Å²) < 4.78 is 0. The molecule has 0 radical (unpaired) electrons. The van der Waals surface area contributed by atoms with Crippen molar-refractivity contribution < 1.29 is 0 Å². The van der Waals surface area contributed by atoms with Crippen LogP contribution in [-0.4, -0.2) is 17.9 Å². The van der Waals surface area contributed by atoms with Crippen LogP contribution in [0.4, 0.5) is 0 Å². The fourth-order valence-electron chi connectivity index (χ4n) is 3.07. The van der Waals surface area contributed by atoms with Gasteiger partial charge in [-0.15, -0.1) is 0 Å². The van der Waals surface area contributed by atoms with Crippen molar-refractivity contribution in [1.29, 1.82) is 0 Å². The van der Waals surface area contributed by atoms with Gasteiger partial charge in [-0.3, -0.25) is 4.99 Å². The molecule has 2 rings (SSSR count). The summed E-state index contributed by atoms with van der Waals surface area (Å²) in [6, 6.07) is 1.26. The maximum Gasteiger partial charge on any atom is 0.0970 e. The molecular weight excluding hydrogens is 208 g/mol. The smallest absolute Gasteiger partial charge is 0.0970 e. The Morgan fingerprint density at radius 2 is 1.76 bits per heavy atom. The summed E-state index contributed by atoms with van der Waals surface area (Å²) in [4.78, 5) is 4.93. The van der Waals surface area contributed by atoms with Crippen LogP contribution in [0.15, 0.2) is 4.99 Å². The van der Waals surface area contributed by atoms with Crippen LogP contribution in [0, 0.1) is 0 Å². The maximum atomic E-state index is 4.93. The molecule has 0 spiro atoms. The SMILES string of the molecule is CCCCC1=NC2CCCCCCCCC2N1. The lowest BCUT2D eigenvalue weighted by Gasteiger charge is -2.20. The Hall–Kier alpha value is -0.530. The van der Waals surface area contributed by atoms with Gasteiger partial charge in [-0.1, -0.05) is 51.9 Å². The van der Waals surface area contributed by atoms with Crippen molar-refractivity contribution in [2.24, 2.45) is 4.99 Å². The van der Waals surface area contributed by atoms with E-state index in [1.165, 1.54) is 76.5 Å². The summed E-state index contributed by atoms with van der Waals surface area (Å²) in [6.45, 7) is 2.26. The molecule has 0 bridgehead atoms. The molecule has 1 aliphatic heterocycles. The van der Waals surface area contributed by atoms with Crippen LogP contribution in [0.3, 0.4) is 0 Å². The van der Waals surface area contributed by atoms with Gasteiger partial charge in [0.25, 0.3) is 0 Å². The Labute approximate surface area is 106 Å². The predicted octanol–water partition coefficient (Wildman–Crippen LogP) is 4.05. The summed E-state index contributed by atoms with van der Waals surface area (Å²) in [5.41, 5.74) is 0. The number of amidine groups is 1. The van der Waals surface area contributed by atoms with E-state index in [9.17, 15) is 0 Å². The molecule has 17 heavy (non-hydrogen) atoms. The molecule has 1 fully saturated rings. The van der Waals surface area contributed by atoms with E-state index in [0.717, 1.165) is 0 Å². The molecular formula is C15H28N2. The average molecular weight is 236 g/mol. The largest absolute Gasteiger partial charge is 0.369 e. The maximum absolute atomic E-state index is 4.93. The van der Waals surface area contributed by atoms with Crippen molar-refractivity contribution >= 4 is 5.84 Å². The summed E-state index contributed by atoms with van der Waals surface area (Å²) >= 11 is 0. The van der Waals surface area contributed by atoms with Gasteiger partial charge < -0.3 is 5.32 Å². The topological polar surface area (TPSA) is 24.4 Å². The van der Waals surface area contributed by atoms with E-state index in [-0.39, 0.29) is 0 Å². The van der Waals surface area contributed by atoms with Gasteiger partial charge in [0.1, 0.15) is 0 Å². The van der Waals surface area contributed by atoms with E-state index in [4.69, 9.17) is 4.99 Å². The predicted molar refractivity (Wildman–Crippen MR) is 74.6 cm³/mol. The highest BCUT2D eigenvalue weighted by atomic mass is 15.1. The Morgan fingerprint density at radius 3 is 2.53 bits per heavy atom. The molecule has 0 aromatic rings. The van der Waals surface area contributed by atoms with Gasteiger partial charge in [-0.25, -0.2) is 0 Å². The number of nitrogens with one attached hydrogen (secondary N) is 1. The molecule has 0 amide bonds. The first kappa shape index (κ1) is 12.9. The van der Waals surface area contributed by atoms with Crippen molar-refractivity contribution in [2.45, 2.75) is 89.6 Å². The van der Waals surface area contributed by atoms with Gasteiger partial charge in [0.2, 0.25) is 0 Å². The van der Waals surface area contributed by atoms with Crippen LogP contribution in [0.5, 0.6) is 0 Å². The second kappa shape index (κ2) is 7.03. The summed E-state index contributed by atoms with van der Waals surface area (Å²) in [5.74, 6) is 1.31. The zero-order chi connectivity index (χ0) is 11.9. The molecule has 0 saturated heterocycles. The van der Waals surface area contributed by atoms with Crippen LogP contribution in [0.2, 0.25) is 0 Å².